The molecule has 88 valence electrons. The minimum Gasteiger partial charge on any atom is -0.393 e. The molecule has 15 heavy (non-hydrogen) atoms. The van der Waals surface area contributed by atoms with Crippen molar-refractivity contribution in [3.8, 4) is 6.07 Å². The molecule has 0 saturated heterocycles. The molecule has 3 unspecified atom stereocenters. The van der Waals surface area contributed by atoms with Crippen molar-refractivity contribution in [2.45, 2.75) is 38.6 Å². The van der Waals surface area contributed by atoms with E-state index in [4.69, 9.17) is 10.4 Å². The van der Waals surface area contributed by atoms with Crippen LogP contribution in [0.1, 0.15) is 20.3 Å². The first-order chi connectivity index (χ1) is 6.77. The highest BCUT2D eigenvalue weighted by atomic mass is 19.4. The van der Waals surface area contributed by atoms with Crippen LogP contribution >= 0.6 is 0 Å². The van der Waals surface area contributed by atoms with E-state index in [2.05, 4.69) is 5.32 Å². The second-order valence-corrected chi connectivity index (χ2v) is 3.62. The number of aliphatic hydroxyl groups is 1. The van der Waals surface area contributed by atoms with Crippen LogP contribution in [-0.2, 0) is 0 Å². The van der Waals surface area contributed by atoms with Crippen LogP contribution in [0.15, 0.2) is 0 Å². The Morgan fingerprint density at radius 1 is 1.40 bits per heavy atom. The van der Waals surface area contributed by atoms with Crippen molar-refractivity contribution in [3.05, 3.63) is 0 Å². The van der Waals surface area contributed by atoms with Gasteiger partial charge in [0.05, 0.1) is 12.2 Å². The molecule has 0 fully saturated rings. The van der Waals surface area contributed by atoms with Crippen molar-refractivity contribution in [2.24, 2.45) is 5.92 Å². The first kappa shape index (κ1) is 14.2. The summed E-state index contributed by atoms with van der Waals surface area (Å²) in [6, 6.07) is 0.954. The Labute approximate surface area is 86.9 Å². The molecular formula is C9H15F3N2O. The molecule has 6 heteroatoms. The van der Waals surface area contributed by atoms with Crippen LogP contribution in [0.25, 0.3) is 0 Å². The molecule has 0 aromatic rings. The lowest BCUT2D eigenvalue weighted by Gasteiger charge is -2.19. The Hall–Kier alpha value is -0.800. The van der Waals surface area contributed by atoms with Gasteiger partial charge in [-0.05, 0) is 20.3 Å². The average molecular weight is 224 g/mol. The second-order valence-electron chi connectivity index (χ2n) is 3.62. The summed E-state index contributed by atoms with van der Waals surface area (Å²) < 4.78 is 36.4. The third-order valence-corrected chi connectivity index (χ3v) is 1.92. The number of rotatable bonds is 5. The van der Waals surface area contributed by atoms with Crippen LogP contribution in [0.3, 0.4) is 0 Å². The lowest BCUT2D eigenvalue weighted by atomic mass is 10.1. The third-order valence-electron chi connectivity index (χ3n) is 1.92. The van der Waals surface area contributed by atoms with E-state index in [0.717, 1.165) is 0 Å². The number of halogens is 3. The van der Waals surface area contributed by atoms with E-state index in [1.54, 1.807) is 13.8 Å². The summed E-state index contributed by atoms with van der Waals surface area (Å²) in [5, 5.41) is 19.8. The van der Waals surface area contributed by atoms with Gasteiger partial charge in [0.15, 0.2) is 5.92 Å². The summed E-state index contributed by atoms with van der Waals surface area (Å²) in [5.41, 5.74) is 0. The smallest absolute Gasteiger partial charge is 0.393 e. The number of nitrogens with one attached hydrogen (secondary N) is 1. The first-order valence-electron chi connectivity index (χ1n) is 4.65. The molecule has 0 aromatic heterocycles. The summed E-state index contributed by atoms with van der Waals surface area (Å²) in [7, 11) is 0. The zero-order valence-electron chi connectivity index (χ0n) is 8.67. The normalized spacial score (nSPS) is 17.9. The van der Waals surface area contributed by atoms with E-state index in [0.29, 0.717) is 6.42 Å². The van der Waals surface area contributed by atoms with Crippen LogP contribution < -0.4 is 5.32 Å². The standard InChI is InChI=1S/C9H15F3N2O/c1-6(3-7(2)15)14-5-8(4-13)9(10,11)12/h6-8,14-15H,3,5H2,1-2H3. The van der Waals surface area contributed by atoms with E-state index in [1.807, 2.05) is 0 Å². The van der Waals surface area contributed by atoms with Gasteiger partial charge in [-0.25, -0.2) is 0 Å². The molecule has 0 aliphatic rings. The lowest BCUT2D eigenvalue weighted by Crippen LogP contribution is -2.38. The molecule has 0 aliphatic carbocycles. The number of hydrogen-bond donors (Lipinski definition) is 2. The average Bonchev–Trinajstić information content (AvgIpc) is 2.01. The van der Waals surface area contributed by atoms with Gasteiger partial charge in [0, 0.05) is 12.6 Å². The van der Waals surface area contributed by atoms with Crippen molar-refractivity contribution in [2.75, 3.05) is 6.54 Å². The van der Waals surface area contributed by atoms with Gasteiger partial charge in [-0.15, -0.1) is 0 Å². The minimum absolute atomic E-state index is 0.247. The summed E-state index contributed by atoms with van der Waals surface area (Å²) in [6.07, 6.45) is -4.71. The minimum atomic E-state index is -4.49. The molecule has 0 radical (unpaired) electrons. The fourth-order valence-corrected chi connectivity index (χ4v) is 1.15. The molecule has 0 amide bonds. The zero-order valence-corrected chi connectivity index (χ0v) is 8.67. The molecule has 0 spiro atoms. The molecule has 0 aromatic carbocycles. The number of nitriles is 1. The van der Waals surface area contributed by atoms with E-state index in [1.165, 1.54) is 6.07 Å². The number of alkyl halides is 3. The molecule has 2 N–H and O–H groups in total. The molecule has 0 saturated carbocycles. The molecule has 0 aliphatic heterocycles. The highest BCUT2D eigenvalue weighted by molar-refractivity contribution is 4.90. The van der Waals surface area contributed by atoms with E-state index < -0.39 is 24.7 Å². The molecule has 0 bridgehead atoms. The van der Waals surface area contributed by atoms with E-state index in [-0.39, 0.29) is 6.04 Å². The topological polar surface area (TPSA) is 56.0 Å². The Bertz CT molecular complexity index is 222. The van der Waals surface area contributed by atoms with E-state index in [9.17, 15) is 13.2 Å². The SMILES string of the molecule is CC(O)CC(C)NCC(C#N)C(F)(F)F. The third kappa shape index (κ3) is 6.31. The van der Waals surface area contributed by atoms with Gasteiger partial charge < -0.3 is 10.4 Å². The summed E-state index contributed by atoms with van der Waals surface area (Å²) >= 11 is 0. The van der Waals surface area contributed by atoms with E-state index >= 15 is 0 Å². The highest BCUT2D eigenvalue weighted by Gasteiger charge is 2.39. The van der Waals surface area contributed by atoms with Crippen molar-refractivity contribution in [1.29, 1.82) is 5.26 Å². The number of nitrogens with zero attached hydrogens (tertiary/aromatic N) is 1. The summed E-state index contributed by atoms with van der Waals surface area (Å²) in [4.78, 5) is 0. The van der Waals surface area contributed by atoms with Gasteiger partial charge in [0.2, 0.25) is 0 Å². The van der Waals surface area contributed by atoms with Gasteiger partial charge in [-0.1, -0.05) is 0 Å². The fraction of sp³-hybridized carbons (Fsp3) is 0.889. The predicted molar refractivity (Wildman–Crippen MR) is 48.9 cm³/mol. The van der Waals surface area contributed by atoms with Gasteiger partial charge in [0.1, 0.15) is 0 Å². The van der Waals surface area contributed by atoms with Crippen LogP contribution in [0, 0.1) is 17.2 Å². The fourth-order valence-electron chi connectivity index (χ4n) is 1.15. The number of hydrogen-bond acceptors (Lipinski definition) is 3. The predicted octanol–water partition coefficient (Wildman–Crippen LogP) is 1.44. The van der Waals surface area contributed by atoms with Gasteiger partial charge in [-0.2, -0.15) is 18.4 Å². The highest BCUT2D eigenvalue weighted by Crippen LogP contribution is 2.24. The monoisotopic (exact) mass is 224 g/mol. The number of aliphatic hydroxyl groups excluding tert-OH is 1. The van der Waals surface area contributed by atoms with Gasteiger partial charge in [-0.3, -0.25) is 0 Å². The molecule has 3 nitrogen and oxygen atoms in total. The molecular weight excluding hydrogens is 209 g/mol. The molecule has 0 heterocycles. The van der Waals surface area contributed by atoms with Crippen LogP contribution in [0.5, 0.6) is 0 Å². The van der Waals surface area contributed by atoms with Gasteiger partial charge >= 0.3 is 6.18 Å². The molecule has 3 atom stereocenters. The Kier molecular flexibility index (Phi) is 5.61. The maximum Gasteiger partial charge on any atom is 0.405 e. The van der Waals surface area contributed by atoms with Crippen LogP contribution in [0.4, 0.5) is 13.2 Å². The maximum absolute atomic E-state index is 12.1. The molecule has 0 rings (SSSR count). The zero-order chi connectivity index (χ0) is 12.1. The summed E-state index contributed by atoms with van der Waals surface area (Å²) in [6.45, 7) is 2.79. The lowest BCUT2D eigenvalue weighted by molar-refractivity contribution is -0.158. The quantitative estimate of drug-likeness (QED) is 0.742. The second kappa shape index (κ2) is 5.93. The van der Waals surface area contributed by atoms with Crippen molar-refractivity contribution < 1.29 is 18.3 Å². The Morgan fingerprint density at radius 2 is 1.93 bits per heavy atom. The summed E-state index contributed by atoms with van der Waals surface area (Å²) in [5.74, 6) is -1.99. The Balaban J connectivity index is 3.98. The van der Waals surface area contributed by atoms with Crippen molar-refractivity contribution in [3.63, 3.8) is 0 Å². The largest absolute Gasteiger partial charge is 0.405 e. The van der Waals surface area contributed by atoms with Crippen LogP contribution in [-0.4, -0.2) is 30.0 Å². The van der Waals surface area contributed by atoms with Crippen molar-refractivity contribution in [1.82, 2.24) is 5.32 Å². The van der Waals surface area contributed by atoms with Crippen LogP contribution in [0.2, 0.25) is 0 Å². The van der Waals surface area contributed by atoms with Crippen molar-refractivity contribution >= 4 is 0 Å². The maximum atomic E-state index is 12.1. The van der Waals surface area contributed by atoms with Gasteiger partial charge in [0.25, 0.3) is 0 Å². The first-order valence-corrected chi connectivity index (χ1v) is 4.65. The Morgan fingerprint density at radius 3 is 2.27 bits per heavy atom.